The van der Waals surface area contributed by atoms with E-state index in [1.807, 2.05) is 0 Å². The van der Waals surface area contributed by atoms with Crippen LogP contribution in [-0.2, 0) is 10.8 Å². The lowest BCUT2D eigenvalue weighted by atomic mass is 9.33. The van der Waals surface area contributed by atoms with Crippen LogP contribution >= 0.6 is 0 Å². The predicted octanol–water partition coefficient (Wildman–Crippen LogP) is 23.3. The number of fused-ring (bicyclic) bond motifs is 16. The molecule has 17 aromatic rings. The minimum atomic E-state index is -0.276. The summed E-state index contributed by atoms with van der Waals surface area (Å²) in [5.74, 6) is 0. The van der Waals surface area contributed by atoms with Crippen LogP contribution in [0.4, 0.5) is 68.2 Å². The van der Waals surface area contributed by atoms with Gasteiger partial charge in [0, 0.05) is 78.1 Å². The van der Waals surface area contributed by atoms with E-state index < -0.39 is 0 Å². The fraction of sp³-hybridized carbons (Fsp3) is 0.0909. The zero-order chi connectivity index (χ0) is 64.3. The Hall–Kier alpha value is -11.7. The predicted molar refractivity (Wildman–Crippen MR) is 404 cm³/mol. The lowest BCUT2D eigenvalue weighted by molar-refractivity contribution is 0.590. The normalized spacial score (nSPS) is 13.0. The first-order chi connectivity index (χ1) is 46.9. The average Bonchev–Trinajstić information content (AvgIpc) is 0.806. The van der Waals surface area contributed by atoms with E-state index in [4.69, 9.17) is 13.3 Å². The van der Waals surface area contributed by atoms with Crippen LogP contribution in [-0.4, -0.2) is 6.71 Å². The zero-order valence-electron chi connectivity index (χ0n) is 54.2. The van der Waals surface area contributed by atoms with Crippen molar-refractivity contribution in [2.24, 2.45) is 0 Å². The van der Waals surface area contributed by atoms with Gasteiger partial charge >= 0.3 is 0 Å². The Morgan fingerprint density at radius 2 is 0.792 bits per heavy atom. The Kier molecular flexibility index (Phi) is 12.2. The first-order valence-corrected chi connectivity index (χ1v) is 33.3. The first-order valence-electron chi connectivity index (χ1n) is 33.3. The number of anilines is 12. The summed E-state index contributed by atoms with van der Waals surface area (Å²) in [5.41, 5.74) is 23.2. The maximum Gasteiger partial charge on any atom is 0.252 e. The molecule has 0 unspecified atom stereocenters. The molecule has 19 rings (SSSR count). The number of para-hydroxylation sites is 5. The van der Waals surface area contributed by atoms with Gasteiger partial charge in [-0.15, -0.1) is 0 Å². The zero-order valence-corrected chi connectivity index (χ0v) is 54.2. The topological polar surface area (TPSA) is 52.4 Å². The van der Waals surface area contributed by atoms with Crippen molar-refractivity contribution in [2.75, 3.05) is 19.6 Å². The molecule has 0 fully saturated rings. The maximum absolute atomic E-state index is 7.05. The second-order valence-electron chi connectivity index (χ2n) is 28.0. The number of nitrogens with zero attached hydrogens (tertiary/aromatic N) is 4. The third-order valence-electron chi connectivity index (χ3n) is 20.3. The van der Waals surface area contributed by atoms with Gasteiger partial charge in [-0.05, 0) is 181 Å². The molecule has 0 spiro atoms. The van der Waals surface area contributed by atoms with Gasteiger partial charge in [-0.2, -0.15) is 0 Å². The molecule has 7 nitrogen and oxygen atoms in total. The van der Waals surface area contributed by atoms with E-state index in [0.29, 0.717) is 0 Å². The molecule has 0 N–H and O–H groups in total. The van der Waals surface area contributed by atoms with Gasteiger partial charge in [-0.1, -0.05) is 205 Å². The third kappa shape index (κ3) is 8.61. The quantitative estimate of drug-likeness (QED) is 0.111. The molecule has 14 aromatic carbocycles. The summed E-state index contributed by atoms with van der Waals surface area (Å²) in [6, 6.07) is 105. The summed E-state index contributed by atoms with van der Waals surface area (Å²) >= 11 is 0. The smallest absolute Gasteiger partial charge is 0.252 e. The van der Waals surface area contributed by atoms with E-state index >= 15 is 0 Å². The van der Waals surface area contributed by atoms with Crippen LogP contribution in [0.3, 0.4) is 0 Å². The molecule has 0 aliphatic carbocycles. The molecule has 3 aromatic heterocycles. The molecule has 0 atom stereocenters. The van der Waals surface area contributed by atoms with Crippen molar-refractivity contribution in [1.82, 2.24) is 0 Å². The summed E-state index contributed by atoms with van der Waals surface area (Å²) in [7, 11) is 0. The second-order valence-corrected chi connectivity index (χ2v) is 28.0. The van der Waals surface area contributed by atoms with Crippen LogP contribution < -0.4 is 36.0 Å². The Balaban J connectivity index is 0.944. The van der Waals surface area contributed by atoms with E-state index in [-0.39, 0.29) is 17.5 Å². The molecule has 2 aliphatic rings. The second kappa shape index (κ2) is 20.9. The van der Waals surface area contributed by atoms with Crippen LogP contribution in [0, 0.1) is 0 Å². The number of hydrogen-bond acceptors (Lipinski definition) is 7. The van der Waals surface area contributed by atoms with Gasteiger partial charge in [0.2, 0.25) is 0 Å². The lowest BCUT2D eigenvalue weighted by Crippen LogP contribution is -2.61. The van der Waals surface area contributed by atoms with Crippen LogP contribution in [0.5, 0.6) is 0 Å². The van der Waals surface area contributed by atoms with Crippen molar-refractivity contribution >= 4 is 179 Å². The molecule has 0 amide bonds. The van der Waals surface area contributed by atoms with Crippen LogP contribution in [0.1, 0.15) is 52.7 Å². The number of furan rings is 3. The minimum Gasteiger partial charge on any atom is -0.456 e. The van der Waals surface area contributed by atoms with Crippen molar-refractivity contribution in [3.8, 4) is 0 Å². The van der Waals surface area contributed by atoms with E-state index in [2.05, 4.69) is 346 Å². The molecule has 0 bridgehead atoms. The van der Waals surface area contributed by atoms with E-state index in [1.54, 1.807) is 0 Å². The average molecular weight is 1240 g/mol. The van der Waals surface area contributed by atoms with E-state index in [0.717, 1.165) is 140 Å². The Bertz CT molecular complexity index is 6030. The highest BCUT2D eigenvalue weighted by atomic mass is 16.3. The Labute approximate surface area is 556 Å². The first kappa shape index (κ1) is 55.9. The number of hydrogen-bond donors (Lipinski definition) is 0. The Morgan fingerprint density at radius 1 is 0.302 bits per heavy atom. The largest absolute Gasteiger partial charge is 0.456 e. The van der Waals surface area contributed by atoms with Crippen molar-refractivity contribution in [1.29, 1.82) is 0 Å². The third-order valence-corrected chi connectivity index (χ3v) is 20.3. The van der Waals surface area contributed by atoms with Crippen LogP contribution in [0.15, 0.2) is 298 Å². The molecule has 5 heterocycles. The van der Waals surface area contributed by atoms with Crippen molar-refractivity contribution in [2.45, 2.75) is 52.4 Å². The molecule has 0 radical (unpaired) electrons. The van der Waals surface area contributed by atoms with Crippen LogP contribution in [0.25, 0.3) is 87.4 Å². The van der Waals surface area contributed by atoms with Gasteiger partial charge in [0.1, 0.15) is 27.9 Å². The fourth-order valence-electron chi connectivity index (χ4n) is 15.6. The monoisotopic (exact) mass is 1240 g/mol. The van der Waals surface area contributed by atoms with Gasteiger partial charge in [-0.3, -0.25) is 0 Å². The minimum absolute atomic E-state index is 0.0682. The Morgan fingerprint density at radius 3 is 1.48 bits per heavy atom. The lowest BCUT2D eigenvalue weighted by Gasteiger charge is -2.45. The van der Waals surface area contributed by atoms with Crippen molar-refractivity contribution in [3.63, 3.8) is 0 Å². The van der Waals surface area contributed by atoms with Gasteiger partial charge in [0.25, 0.3) is 6.71 Å². The molecule has 0 saturated heterocycles. The number of rotatable bonds is 8. The molecule has 96 heavy (non-hydrogen) atoms. The highest BCUT2D eigenvalue weighted by Crippen LogP contribution is 2.53. The molecule has 458 valence electrons. The SMILES string of the molecule is CC(C)(C)c1ccc(N2c3cc(N(c4ccc5ccc6ccccc6c5c4)c4cccc5c4oc4ccccc45)ccc3B3c4cc5oc6ccccc6c5cc4N(c4ccc(C(C)(C)C)cc4)c4cc(N(c5ccccc5)c5cccc6oc7ccccc7c56)cc2c43)cc1. The van der Waals surface area contributed by atoms with Gasteiger partial charge in [-0.25, -0.2) is 0 Å². The summed E-state index contributed by atoms with van der Waals surface area (Å²) in [4.78, 5) is 9.97. The van der Waals surface area contributed by atoms with Gasteiger partial charge < -0.3 is 32.9 Å². The molecular weight excluding hydrogens is 1170 g/mol. The highest BCUT2D eigenvalue weighted by Gasteiger charge is 2.45. The van der Waals surface area contributed by atoms with E-state index in [1.165, 1.54) is 43.6 Å². The van der Waals surface area contributed by atoms with Gasteiger partial charge in [0.15, 0.2) is 5.58 Å². The summed E-state index contributed by atoms with van der Waals surface area (Å²) in [5, 5.41) is 11.1. The molecule has 8 heteroatoms. The standard InChI is InChI=1S/C88H65BN4O3/c1-87(2,3)56-37-42-59(43-38-56)92-75-49-62(91(74-29-18-27-67-65-24-12-16-31-80(65)96-86(67)74)61-41-36-55-35-34-54-20-10-11-23-64(54)69(55)48-61)46-47-71(75)89-72-53-83-70(66-25-13-15-30-79(66)95-83)52-76(72)93(60-44-39-57(40-45-60)88(4,5)6)78-51-63(50-77(92)85(78)89)90(58-21-8-7-9-22-58)73-28-19-33-82-84(73)68-26-14-17-32-81(68)94-82/h7-53H,1-6H3. The van der Waals surface area contributed by atoms with Crippen LogP contribution in [0.2, 0.25) is 0 Å². The maximum atomic E-state index is 7.05. The molecular formula is C88H65BN4O3. The number of benzene rings is 14. The summed E-state index contributed by atoms with van der Waals surface area (Å²) in [6.07, 6.45) is 0. The highest BCUT2D eigenvalue weighted by molar-refractivity contribution is 7.00. The fourth-order valence-corrected chi connectivity index (χ4v) is 15.6. The van der Waals surface area contributed by atoms with E-state index in [9.17, 15) is 0 Å². The molecule has 2 aliphatic heterocycles. The van der Waals surface area contributed by atoms with Crippen molar-refractivity contribution in [3.05, 3.63) is 296 Å². The summed E-state index contributed by atoms with van der Waals surface area (Å²) < 4.78 is 20.8. The van der Waals surface area contributed by atoms with Gasteiger partial charge in [0.05, 0.1) is 22.4 Å². The van der Waals surface area contributed by atoms with Crippen molar-refractivity contribution < 1.29 is 13.3 Å². The molecule has 0 saturated carbocycles. The summed E-state index contributed by atoms with van der Waals surface area (Å²) in [6.45, 7) is 13.5.